The summed E-state index contributed by atoms with van der Waals surface area (Å²) in [7, 11) is 1.58. The van der Waals surface area contributed by atoms with Crippen LogP contribution >= 0.6 is 0 Å². The number of nitrogens with two attached hydrogens (primary N) is 1. The molecule has 2 aliphatic rings. The Morgan fingerprint density at radius 2 is 1.97 bits per heavy atom. The molecule has 1 aliphatic carbocycles. The van der Waals surface area contributed by atoms with Crippen LogP contribution < -0.4 is 26.1 Å². The summed E-state index contributed by atoms with van der Waals surface area (Å²) in [6, 6.07) is 15.2. The first kappa shape index (κ1) is 26.0. The lowest BCUT2D eigenvalue weighted by Gasteiger charge is -2.24. The van der Waals surface area contributed by atoms with E-state index in [0.717, 1.165) is 10.9 Å². The van der Waals surface area contributed by atoms with E-state index in [-0.39, 0.29) is 25.3 Å². The molecule has 202 valence electrons. The number of pyridine rings is 1. The predicted octanol–water partition coefficient (Wildman–Crippen LogP) is 2.46. The summed E-state index contributed by atoms with van der Waals surface area (Å²) in [6.45, 7) is 3.71. The van der Waals surface area contributed by atoms with Crippen LogP contribution in [0.25, 0.3) is 22.2 Å². The van der Waals surface area contributed by atoms with Gasteiger partial charge >= 0.3 is 12.0 Å². The molecule has 1 aromatic heterocycles. The Labute approximate surface area is 224 Å². The van der Waals surface area contributed by atoms with Gasteiger partial charge in [-0.1, -0.05) is 36.4 Å². The normalized spacial score (nSPS) is 23.6. The number of hydrogen-bond acceptors (Lipinski definition) is 7. The third-order valence-corrected chi connectivity index (χ3v) is 7.32. The average molecular weight is 532 g/mol. The first-order chi connectivity index (χ1) is 18.8. The number of urea groups is 1. The minimum atomic E-state index is -1.42. The Hall–Kier alpha value is -4.64. The van der Waals surface area contributed by atoms with Crippen LogP contribution in [-0.4, -0.2) is 64.2 Å². The maximum absolute atomic E-state index is 13.3. The first-order valence-corrected chi connectivity index (χ1v) is 12.5. The molecular weight excluding hydrogens is 502 g/mol. The van der Waals surface area contributed by atoms with Gasteiger partial charge in [0, 0.05) is 35.4 Å². The summed E-state index contributed by atoms with van der Waals surface area (Å²) in [5, 5.41) is 13.1. The quantitative estimate of drug-likeness (QED) is 0.149. The Morgan fingerprint density at radius 1 is 1.21 bits per heavy atom. The fourth-order valence-corrected chi connectivity index (χ4v) is 5.09. The number of ether oxygens (including phenoxy) is 2. The number of carbonyl (C=O) groups is 3. The van der Waals surface area contributed by atoms with Gasteiger partial charge in [0.25, 0.3) is 0 Å². The maximum Gasteiger partial charge on any atom is 0.332 e. The van der Waals surface area contributed by atoms with E-state index in [9.17, 15) is 19.5 Å². The zero-order chi connectivity index (χ0) is 27.7. The first-order valence-electron chi connectivity index (χ1n) is 12.5. The molecule has 0 bridgehead atoms. The van der Waals surface area contributed by atoms with Crippen molar-refractivity contribution in [1.82, 2.24) is 20.6 Å². The van der Waals surface area contributed by atoms with Crippen LogP contribution in [0.5, 0.6) is 11.5 Å². The van der Waals surface area contributed by atoms with Crippen LogP contribution in [0.1, 0.15) is 12.8 Å². The van der Waals surface area contributed by atoms with Crippen LogP contribution in [0.4, 0.5) is 4.79 Å². The highest BCUT2D eigenvalue weighted by Crippen LogP contribution is 2.45. The average Bonchev–Trinajstić information content (AvgIpc) is 3.52. The second-order valence-electron chi connectivity index (χ2n) is 9.66. The number of carboxylic acids is 1. The molecule has 1 saturated heterocycles. The van der Waals surface area contributed by atoms with Crippen molar-refractivity contribution in [2.45, 2.75) is 30.5 Å². The van der Waals surface area contributed by atoms with Gasteiger partial charge in [0.2, 0.25) is 5.91 Å². The number of amides is 3. The molecular formula is C28H29N5O6. The largest absolute Gasteiger partial charge is 0.497 e. The monoisotopic (exact) mass is 531 g/mol. The van der Waals surface area contributed by atoms with Crippen molar-refractivity contribution in [3.8, 4) is 22.8 Å². The second-order valence-corrected chi connectivity index (χ2v) is 9.66. The van der Waals surface area contributed by atoms with Crippen LogP contribution in [-0.2, 0) is 9.59 Å². The number of benzene rings is 2. The van der Waals surface area contributed by atoms with Gasteiger partial charge in [-0.2, -0.15) is 0 Å². The Kier molecular flexibility index (Phi) is 6.83. The number of hydrogen-bond donors (Lipinski definition) is 4. The Balaban J connectivity index is 1.45. The molecule has 2 fully saturated rings. The maximum atomic E-state index is 13.3. The number of carboxylic acid groups (broad SMARTS) is 1. The molecule has 11 nitrogen and oxygen atoms in total. The molecule has 3 aromatic rings. The number of aromatic nitrogens is 1. The molecule has 5 rings (SSSR count). The van der Waals surface area contributed by atoms with Gasteiger partial charge in [-0.25, -0.2) is 20.4 Å². The minimum absolute atomic E-state index is 0.0622. The second kappa shape index (κ2) is 10.3. The fraction of sp³-hybridized carbons (Fsp3) is 0.286. The van der Waals surface area contributed by atoms with Gasteiger partial charge in [0.1, 0.15) is 29.2 Å². The molecule has 0 spiro atoms. The lowest BCUT2D eigenvalue weighted by atomic mass is 10.1. The molecule has 4 atom stereocenters. The van der Waals surface area contributed by atoms with Gasteiger partial charge < -0.3 is 24.8 Å². The van der Waals surface area contributed by atoms with E-state index < -0.39 is 35.6 Å². The Morgan fingerprint density at radius 3 is 2.62 bits per heavy atom. The van der Waals surface area contributed by atoms with Crippen LogP contribution in [0.15, 0.2) is 67.3 Å². The molecule has 2 heterocycles. The molecule has 39 heavy (non-hydrogen) atoms. The lowest BCUT2D eigenvalue weighted by Crippen LogP contribution is -2.55. The van der Waals surface area contributed by atoms with Gasteiger partial charge in [0.05, 0.1) is 24.9 Å². The van der Waals surface area contributed by atoms with E-state index in [2.05, 4.69) is 17.3 Å². The number of hydrazine groups is 1. The van der Waals surface area contributed by atoms with Crippen LogP contribution in [0.2, 0.25) is 0 Å². The molecule has 1 aliphatic heterocycles. The van der Waals surface area contributed by atoms with Crippen molar-refractivity contribution < 1.29 is 29.0 Å². The van der Waals surface area contributed by atoms with Crippen molar-refractivity contribution in [2.24, 2.45) is 11.8 Å². The zero-order valence-corrected chi connectivity index (χ0v) is 21.3. The summed E-state index contributed by atoms with van der Waals surface area (Å²) in [6.07, 6.45) is 1.30. The van der Waals surface area contributed by atoms with E-state index in [1.165, 1.54) is 11.0 Å². The SMILES string of the molecule is C=CC1CC1(NC(=O)[C@@H]1C[C@@H](Oc2cc(-c3ccccc3)nc3cc(OC)ccc23)CN1C(=O)NN)C(=O)O. The molecule has 1 saturated carbocycles. The van der Waals surface area contributed by atoms with Crippen molar-refractivity contribution in [3.05, 3.63) is 67.3 Å². The molecule has 5 N–H and O–H groups in total. The molecule has 2 aromatic carbocycles. The third-order valence-electron chi connectivity index (χ3n) is 7.32. The third kappa shape index (κ3) is 4.84. The van der Waals surface area contributed by atoms with Gasteiger partial charge in [-0.3, -0.25) is 10.2 Å². The van der Waals surface area contributed by atoms with E-state index >= 15 is 0 Å². The number of methoxy groups -OCH3 is 1. The van der Waals surface area contributed by atoms with Crippen molar-refractivity contribution >= 4 is 28.8 Å². The predicted molar refractivity (Wildman–Crippen MR) is 143 cm³/mol. The molecule has 0 radical (unpaired) electrons. The van der Waals surface area contributed by atoms with E-state index in [4.69, 9.17) is 20.3 Å². The number of nitrogens with one attached hydrogen (secondary N) is 2. The molecule has 3 amide bonds. The minimum Gasteiger partial charge on any atom is -0.497 e. The number of likely N-dealkylation sites (tertiary alicyclic amines) is 1. The number of carbonyl (C=O) groups excluding carboxylic acids is 2. The molecule has 2 unspecified atom stereocenters. The van der Waals surface area contributed by atoms with E-state index in [1.54, 1.807) is 13.2 Å². The highest BCUT2D eigenvalue weighted by atomic mass is 16.5. The van der Waals surface area contributed by atoms with Crippen LogP contribution in [0.3, 0.4) is 0 Å². The fourth-order valence-electron chi connectivity index (χ4n) is 5.09. The molecule has 11 heteroatoms. The Bertz CT molecular complexity index is 1450. The lowest BCUT2D eigenvalue weighted by molar-refractivity contribution is -0.144. The van der Waals surface area contributed by atoms with E-state index in [0.29, 0.717) is 22.7 Å². The summed E-state index contributed by atoms with van der Waals surface area (Å²) in [4.78, 5) is 43.8. The standard InChI is InChI=1S/C28H29N5O6/c1-3-17-14-28(17,26(35)36)31-25(34)23-12-19(15-33(23)27(37)32-29)39-24-13-21(16-7-5-4-6-8-16)30-22-11-18(38-2)9-10-20(22)24/h3-11,13,17,19,23H,1,12,14-15,29H2,2H3,(H,31,34)(H,32,37)(H,35,36)/t17?,19-,23+,28?/m1/s1. The summed E-state index contributed by atoms with van der Waals surface area (Å²) >= 11 is 0. The highest BCUT2D eigenvalue weighted by Gasteiger charge is 2.61. The number of nitrogens with zero attached hydrogens (tertiary/aromatic N) is 2. The smallest absolute Gasteiger partial charge is 0.332 e. The van der Waals surface area contributed by atoms with E-state index in [1.807, 2.05) is 48.5 Å². The summed E-state index contributed by atoms with van der Waals surface area (Å²) in [5.41, 5.74) is 2.87. The van der Waals surface area contributed by atoms with Gasteiger partial charge in [-0.15, -0.1) is 6.58 Å². The highest BCUT2D eigenvalue weighted by molar-refractivity contribution is 5.94. The number of fused-ring (bicyclic) bond motifs is 1. The van der Waals surface area contributed by atoms with Crippen molar-refractivity contribution in [1.29, 1.82) is 0 Å². The number of aliphatic carboxylic acids is 1. The van der Waals surface area contributed by atoms with Crippen molar-refractivity contribution in [3.63, 3.8) is 0 Å². The number of rotatable bonds is 8. The van der Waals surface area contributed by atoms with Gasteiger partial charge in [-0.05, 0) is 18.6 Å². The summed E-state index contributed by atoms with van der Waals surface area (Å²) in [5.74, 6) is 4.43. The topological polar surface area (TPSA) is 156 Å². The zero-order valence-electron chi connectivity index (χ0n) is 21.3. The van der Waals surface area contributed by atoms with Crippen molar-refractivity contribution in [2.75, 3.05) is 13.7 Å². The van der Waals surface area contributed by atoms with Crippen LogP contribution in [0, 0.1) is 5.92 Å². The summed E-state index contributed by atoms with van der Waals surface area (Å²) < 4.78 is 11.8. The van der Waals surface area contributed by atoms with Gasteiger partial charge in [0.15, 0.2) is 0 Å².